The molecule has 0 bridgehead atoms. The Kier molecular flexibility index (Phi) is 2.77. The summed E-state index contributed by atoms with van der Waals surface area (Å²) >= 11 is 0. The molecule has 1 aromatic rings. The van der Waals surface area contributed by atoms with Crippen LogP contribution in [-0.2, 0) is 4.74 Å². The van der Waals surface area contributed by atoms with E-state index in [9.17, 15) is 5.11 Å². The highest BCUT2D eigenvalue weighted by atomic mass is 16.5. The number of nitrogens with zero attached hydrogens (tertiary/aromatic N) is 2. The van der Waals surface area contributed by atoms with Gasteiger partial charge in [-0.05, 0) is 19.9 Å². The molecule has 2 rings (SSSR count). The molecule has 82 valence electrons. The molecule has 0 saturated carbocycles. The van der Waals surface area contributed by atoms with Crippen LogP contribution in [0.3, 0.4) is 0 Å². The molecule has 0 aromatic carbocycles. The average molecular weight is 208 g/mol. The van der Waals surface area contributed by atoms with Crippen molar-refractivity contribution in [2.45, 2.75) is 32.4 Å². The van der Waals surface area contributed by atoms with Crippen LogP contribution in [-0.4, -0.2) is 21.3 Å². The van der Waals surface area contributed by atoms with Crippen molar-refractivity contribution in [1.29, 1.82) is 0 Å². The zero-order chi connectivity index (χ0) is 10.8. The Morgan fingerprint density at radius 2 is 2.33 bits per heavy atom. The van der Waals surface area contributed by atoms with E-state index in [1.54, 1.807) is 12.5 Å². The van der Waals surface area contributed by atoms with E-state index in [4.69, 9.17) is 4.74 Å². The maximum atomic E-state index is 10.1. The fourth-order valence-electron chi connectivity index (χ4n) is 1.73. The van der Waals surface area contributed by atoms with E-state index in [2.05, 4.69) is 18.8 Å². The average Bonchev–Trinajstić information content (AvgIpc) is 2.88. The van der Waals surface area contributed by atoms with E-state index in [0.717, 1.165) is 12.1 Å². The molecule has 0 saturated heterocycles. The summed E-state index contributed by atoms with van der Waals surface area (Å²) in [6.45, 7) is 4.78. The summed E-state index contributed by atoms with van der Waals surface area (Å²) in [6.07, 6.45) is 5.55. The smallest absolute Gasteiger partial charge is 0.152 e. The van der Waals surface area contributed by atoms with Crippen LogP contribution >= 0.6 is 0 Å². The molecule has 15 heavy (non-hydrogen) atoms. The third-order valence-corrected chi connectivity index (χ3v) is 2.53. The minimum Gasteiger partial charge on any atom is -0.495 e. The second kappa shape index (κ2) is 4.06. The molecule has 1 atom stereocenters. The highest BCUT2D eigenvalue weighted by Crippen LogP contribution is 2.27. The molecule has 4 heteroatoms. The van der Waals surface area contributed by atoms with Gasteiger partial charge in [-0.3, -0.25) is 0 Å². The van der Waals surface area contributed by atoms with Crippen molar-refractivity contribution in [3.05, 3.63) is 30.1 Å². The lowest BCUT2D eigenvalue weighted by molar-refractivity contribution is 0.112. The van der Waals surface area contributed by atoms with Gasteiger partial charge >= 0.3 is 0 Å². The highest BCUT2D eigenvalue weighted by Gasteiger charge is 2.21. The molecule has 0 radical (unpaired) electrons. The Balaban J connectivity index is 2.24. The normalized spacial score (nSPS) is 17.7. The third kappa shape index (κ3) is 1.90. The second-order valence-corrected chi connectivity index (χ2v) is 3.97. The van der Waals surface area contributed by atoms with Crippen LogP contribution in [0, 0.1) is 0 Å². The van der Waals surface area contributed by atoms with Gasteiger partial charge in [-0.2, -0.15) is 0 Å². The Morgan fingerprint density at radius 1 is 1.53 bits per heavy atom. The lowest BCUT2D eigenvalue weighted by Crippen LogP contribution is -2.11. The highest BCUT2D eigenvalue weighted by molar-refractivity contribution is 5.16. The van der Waals surface area contributed by atoms with Crippen LogP contribution in [0.25, 0.3) is 0 Å². The van der Waals surface area contributed by atoms with Crippen LogP contribution < -0.4 is 0 Å². The number of aromatic nitrogens is 2. The molecular weight excluding hydrogens is 192 g/mol. The van der Waals surface area contributed by atoms with E-state index < -0.39 is 6.10 Å². The first kappa shape index (κ1) is 10.2. The minimum absolute atomic E-state index is 0.291. The topological polar surface area (TPSA) is 47.3 Å². The monoisotopic (exact) mass is 208 g/mol. The Hall–Kier alpha value is -1.29. The van der Waals surface area contributed by atoms with Crippen molar-refractivity contribution in [3.8, 4) is 0 Å². The van der Waals surface area contributed by atoms with Gasteiger partial charge < -0.3 is 14.4 Å². The summed E-state index contributed by atoms with van der Waals surface area (Å²) in [5.74, 6) is 0.650. The largest absolute Gasteiger partial charge is 0.495 e. The molecule has 0 amide bonds. The van der Waals surface area contributed by atoms with Crippen LogP contribution in [0.5, 0.6) is 0 Å². The van der Waals surface area contributed by atoms with Gasteiger partial charge in [-0.15, -0.1) is 0 Å². The van der Waals surface area contributed by atoms with Crippen LogP contribution in [0.1, 0.15) is 38.1 Å². The van der Waals surface area contributed by atoms with E-state index in [0.29, 0.717) is 18.4 Å². The molecule has 2 heterocycles. The number of ether oxygens (including phenoxy) is 1. The van der Waals surface area contributed by atoms with Crippen molar-refractivity contribution in [1.82, 2.24) is 9.55 Å². The molecular formula is C11H16N2O2. The lowest BCUT2D eigenvalue weighted by Gasteiger charge is -2.17. The van der Waals surface area contributed by atoms with E-state index in [1.807, 2.05) is 10.6 Å². The Morgan fingerprint density at radius 3 is 2.93 bits per heavy atom. The van der Waals surface area contributed by atoms with Gasteiger partial charge in [-0.25, -0.2) is 4.98 Å². The van der Waals surface area contributed by atoms with E-state index in [1.165, 1.54) is 0 Å². The molecule has 1 aromatic heterocycles. The molecule has 1 N–H and O–H groups in total. The van der Waals surface area contributed by atoms with Gasteiger partial charge in [0.2, 0.25) is 0 Å². The van der Waals surface area contributed by atoms with E-state index >= 15 is 0 Å². The van der Waals surface area contributed by atoms with Crippen LogP contribution in [0.2, 0.25) is 0 Å². The third-order valence-electron chi connectivity index (χ3n) is 2.53. The summed E-state index contributed by atoms with van der Waals surface area (Å²) in [6, 6.07) is 0.291. The SMILES string of the molecule is CC(C)n1cncc1C(O)C1=CCCO1. The molecule has 1 unspecified atom stereocenters. The van der Waals surface area contributed by atoms with Crippen molar-refractivity contribution in [2.24, 2.45) is 0 Å². The second-order valence-electron chi connectivity index (χ2n) is 3.97. The molecule has 1 aliphatic rings. The number of rotatable bonds is 3. The fraction of sp³-hybridized carbons (Fsp3) is 0.545. The quantitative estimate of drug-likeness (QED) is 0.824. The molecule has 4 nitrogen and oxygen atoms in total. The molecule has 1 aliphatic heterocycles. The van der Waals surface area contributed by atoms with Crippen LogP contribution in [0.4, 0.5) is 0 Å². The van der Waals surface area contributed by atoms with Gasteiger partial charge in [0, 0.05) is 12.5 Å². The molecule has 0 spiro atoms. The van der Waals surface area contributed by atoms with Gasteiger partial charge in [-0.1, -0.05) is 0 Å². The van der Waals surface area contributed by atoms with Crippen molar-refractivity contribution in [3.63, 3.8) is 0 Å². The van der Waals surface area contributed by atoms with Crippen LogP contribution in [0.15, 0.2) is 24.4 Å². The summed E-state index contributed by atoms with van der Waals surface area (Å²) < 4.78 is 7.29. The maximum absolute atomic E-state index is 10.1. The zero-order valence-corrected chi connectivity index (χ0v) is 9.05. The molecule has 0 aliphatic carbocycles. The summed E-state index contributed by atoms with van der Waals surface area (Å²) in [5.41, 5.74) is 0.790. The maximum Gasteiger partial charge on any atom is 0.152 e. The predicted octanol–water partition coefficient (Wildman–Crippen LogP) is 1.80. The standard InChI is InChI=1S/C11H16N2O2/c1-8(2)13-7-12-6-9(13)11(14)10-4-3-5-15-10/h4,6-8,11,14H,3,5H2,1-2H3. The van der Waals surface area contributed by atoms with Crippen molar-refractivity contribution < 1.29 is 9.84 Å². The number of aliphatic hydroxyl groups is 1. The minimum atomic E-state index is -0.683. The Labute approximate surface area is 89.2 Å². The number of hydrogen-bond acceptors (Lipinski definition) is 3. The number of imidazole rings is 1. The predicted molar refractivity (Wildman–Crippen MR) is 56.2 cm³/mol. The van der Waals surface area contributed by atoms with E-state index in [-0.39, 0.29) is 0 Å². The zero-order valence-electron chi connectivity index (χ0n) is 9.05. The van der Waals surface area contributed by atoms with Gasteiger partial charge in [0.05, 0.1) is 24.8 Å². The van der Waals surface area contributed by atoms with Gasteiger partial charge in [0.15, 0.2) is 6.10 Å². The summed E-state index contributed by atoms with van der Waals surface area (Å²) in [7, 11) is 0. The first-order valence-corrected chi connectivity index (χ1v) is 5.23. The van der Waals surface area contributed by atoms with Crippen molar-refractivity contribution in [2.75, 3.05) is 6.61 Å². The summed E-state index contributed by atoms with van der Waals surface area (Å²) in [5, 5.41) is 10.1. The first-order valence-electron chi connectivity index (χ1n) is 5.23. The molecule has 0 fully saturated rings. The number of aliphatic hydroxyl groups excluding tert-OH is 1. The lowest BCUT2D eigenvalue weighted by atomic mass is 10.2. The first-order chi connectivity index (χ1) is 7.20. The number of hydrogen-bond donors (Lipinski definition) is 1. The van der Waals surface area contributed by atoms with Gasteiger partial charge in [0.25, 0.3) is 0 Å². The Bertz CT molecular complexity index is 368. The fourth-order valence-corrected chi connectivity index (χ4v) is 1.73. The van der Waals surface area contributed by atoms with Crippen molar-refractivity contribution >= 4 is 0 Å². The summed E-state index contributed by atoms with van der Waals surface area (Å²) in [4.78, 5) is 4.06. The van der Waals surface area contributed by atoms with Gasteiger partial charge in [0.1, 0.15) is 5.76 Å².